The SMILES string of the molecule is OCC1(NCc2ccc3c(c2)CCO3)CCC1. The largest absolute Gasteiger partial charge is 0.493 e. The van der Waals surface area contributed by atoms with E-state index in [2.05, 4.69) is 23.5 Å². The summed E-state index contributed by atoms with van der Waals surface area (Å²) in [6.45, 7) is 1.90. The molecule has 1 aliphatic heterocycles. The van der Waals surface area contributed by atoms with Gasteiger partial charge in [0.2, 0.25) is 0 Å². The molecule has 3 rings (SSSR count). The average Bonchev–Trinajstić information content (AvgIpc) is 2.75. The highest BCUT2D eigenvalue weighted by atomic mass is 16.5. The lowest BCUT2D eigenvalue weighted by Crippen LogP contribution is -2.53. The predicted octanol–water partition coefficient (Wildman–Crippen LogP) is 1.63. The molecule has 92 valence electrons. The van der Waals surface area contributed by atoms with Gasteiger partial charge in [-0.2, -0.15) is 0 Å². The van der Waals surface area contributed by atoms with Gasteiger partial charge in [0.25, 0.3) is 0 Å². The van der Waals surface area contributed by atoms with Crippen molar-refractivity contribution in [2.24, 2.45) is 0 Å². The summed E-state index contributed by atoms with van der Waals surface area (Å²) in [5, 5.41) is 12.9. The molecule has 0 spiro atoms. The summed E-state index contributed by atoms with van der Waals surface area (Å²) < 4.78 is 5.49. The van der Waals surface area contributed by atoms with E-state index >= 15 is 0 Å². The Hall–Kier alpha value is -1.06. The molecule has 1 heterocycles. The summed E-state index contributed by atoms with van der Waals surface area (Å²) >= 11 is 0. The summed E-state index contributed by atoms with van der Waals surface area (Å²) in [5.74, 6) is 1.04. The summed E-state index contributed by atoms with van der Waals surface area (Å²) in [4.78, 5) is 0. The molecule has 0 amide bonds. The van der Waals surface area contributed by atoms with Gasteiger partial charge in [-0.1, -0.05) is 12.1 Å². The minimum Gasteiger partial charge on any atom is -0.493 e. The van der Waals surface area contributed by atoms with Gasteiger partial charge in [-0.15, -0.1) is 0 Å². The van der Waals surface area contributed by atoms with E-state index in [1.165, 1.54) is 17.5 Å². The number of benzene rings is 1. The minimum absolute atomic E-state index is 0.00445. The van der Waals surface area contributed by atoms with Crippen LogP contribution in [0.1, 0.15) is 30.4 Å². The second kappa shape index (κ2) is 4.31. The molecule has 1 aromatic carbocycles. The van der Waals surface area contributed by atoms with Crippen LogP contribution >= 0.6 is 0 Å². The Kier molecular flexibility index (Phi) is 2.81. The first-order valence-electron chi connectivity index (χ1n) is 6.42. The molecule has 2 aliphatic rings. The smallest absolute Gasteiger partial charge is 0.122 e. The number of rotatable bonds is 4. The molecule has 1 aliphatic carbocycles. The van der Waals surface area contributed by atoms with Crippen molar-refractivity contribution in [2.45, 2.75) is 37.8 Å². The van der Waals surface area contributed by atoms with Crippen LogP contribution in [0.5, 0.6) is 5.75 Å². The van der Waals surface area contributed by atoms with Crippen LogP contribution in [0.3, 0.4) is 0 Å². The van der Waals surface area contributed by atoms with Gasteiger partial charge in [0, 0.05) is 18.5 Å². The van der Waals surface area contributed by atoms with E-state index in [9.17, 15) is 5.11 Å². The van der Waals surface area contributed by atoms with Gasteiger partial charge < -0.3 is 15.2 Å². The van der Waals surface area contributed by atoms with Gasteiger partial charge in [-0.25, -0.2) is 0 Å². The standard InChI is InChI=1S/C14H19NO2/c16-10-14(5-1-6-14)15-9-11-2-3-13-12(8-11)4-7-17-13/h2-3,8,15-16H,1,4-7,9-10H2. The number of aliphatic hydroxyl groups is 1. The van der Waals surface area contributed by atoms with Crippen molar-refractivity contribution < 1.29 is 9.84 Å². The van der Waals surface area contributed by atoms with Crippen LogP contribution in [-0.4, -0.2) is 23.9 Å². The van der Waals surface area contributed by atoms with E-state index < -0.39 is 0 Å². The van der Waals surface area contributed by atoms with Crippen LogP contribution in [-0.2, 0) is 13.0 Å². The third kappa shape index (κ3) is 2.05. The molecular weight excluding hydrogens is 214 g/mol. The van der Waals surface area contributed by atoms with Crippen LogP contribution < -0.4 is 10.1 Å². The third-order valence-corrected chi connectivity index (χ3v) is 4.03. The predicted molar refractivity (Wildman–Crippen MR) is 66.1 cm³/mol. The van der Waals surface area contributed by atoms with Crippen LogP contribution in [0, 0.1) is 0 Å². The lowest BCUT2D eigenvalue weighted by molar-refractivity contribution is 0.0872. The molecule has 1 fully saturated rings. The van der Waals surface area contributed by atoms with Gasteiger partial charge in [0.15, 0.2) is 0 Å². The Morgan fingerprint density at radius 2 is 2.24 bits per heavy atom. The number of hydrogen-bond donors (Lipinski definition) is 2. The molecule has 0 bridgehead atoms. The summed E-state index contributed by atoms with van der Waals surface area (Å²) in [5.41, 5.74) is 2.60. The van der Waals surface area contributed by atoms with Crippen LogP contribution in [0.4, 0.5) is 0 Å². The fraction of sp³-hybridized carbons (Fsp3) is 0.571. The number of fused-ring (bicyclic) bond motifs is 1. The fourth-order valence-electron chi connectivity index (χ4n) is 2.63. The van der Waals surface area contributed by atoms with Crippen molar-refractivity contribution in [3.63, 3.8) is 0 Å². The van der Waals surface area contributed by atoms with Crippen molar-refractivity contribution in [3.8, 4) is 5.75 Å². The van der Waals surface area contributed by atoms with Crippen molar-refractivity contribution in [3.05, 3.63) is 29.3 Å². The van der Waals surface area contributed by atoms with E-state index in [0.29, 0.717) is 0 Å². The maximum Gasteiger partial charge on any atom is 0.122 e. The first kappa shape index (κ1) is 11.1. The van der Waals surface area contributed by atoms with Crippen LogP contribution in [0.15, 0.2) is 18.2 Å². The molecule has 0 saturated heterocycles. The Morgan fingerprint density at radius 3 is 2.94 bits per heavy atom. The van der Waals surface area contributed by atoms with E-state index in [1.807, 2.05) is 0 Å². The van der Waals surface area contributed by atoms with Crippen molar-refractivity contribution >= 4 is 0 Å². The zero-order valence-electron chi connectivity index (χ0n) is 10.0. The topological polar surface area (TPSA) is 41.5 Å². The average molecular weight is 233 g/mol. The highest BCUT2D eigenvalue weighted by Gasteiger charge is 2.35. The monoisotopic (exact) mass is 233 g/mol. The van der Waals surface area contributed by atoms with E-state index in [-0.39, 0.29) is 12.1 Å². The molecule has 2 N–H and O–H groups in total. The molecule has 0 aromatic heterocycles. The molecule has 17 heavy (non-hydrogen) atoms. The van der Waals surface area contributed by atoms with Crippen molar-refractivity contribution in [2.75, 3.05) is 13.2 Å². The van der Waals surface area contributed by atoms with Gasteiger partial charge in [0.1, 0.15) is 5.75 Å². The molecule has 1 saturated carbocycles. The Bertz CT molecular complexity index is 407. The molecule has 0 unspecified atom stereocenters. The summed E-state index contributed by atoms with van der Waals surface area (Å²) in [7, 11) is 0. The van der Waals surface area contributed by atoms with E-state index in [1.54, 1.807) is 0 Å². The Balaban J connectivity index is 1.65. The maximum absolute atomic E-state index is 9.39. The molecule has 0 atom stereocenters. The first-order valence-corrected chi connectivity index (χ1v) is 6.42. The molecule has 0 radical (unpaired) electrons. The maximum atomic E-state index is 9.39. The zero-order valence-corrected chi connectivity index (χ0v) is 10.0. The quantitative estimate of drug-likeness (QED) is 0.830. The van der Waals surface area contributed by atoms with Gasteiger partial charge >= 0.3 is 0 Å². The van der Waals surface area contributed by atoms with Gasteiger partial charge in [-0.3, -0.25) is 0 Å². The van der Waals surface area contributed by atoms with Gasteiger partial charge in [-0.05, 0) is 36.5 Å². The molecule has 1 aromatic rings. The minimum atomic E-state index is -0.00445. The zero-order chi connectivity index (χ0) is 11.7. The van der Waals surface area contributed by atoms with Gasteiger partial charge in [0.05, 0.1) is 13.2 Å². The number of hydrogen-bond acceptors (Lipinski definition) is 3. The van der Waals surface area contributed by atoms with E-state index in [0.717, 1.165) is 38.2 Å². The number of aliphatic hydroxyl groups excluding tert-OH is 1. The Labute approximate surface area is 102 Å². The number of nitrogens with one attached hydrogen (secondary N) is 1. The van der Waals surface area contributed by atoms with Crippen LogP contribution in [0.25, 0.3) is 0 Å². The Morgan fingerprint density at radius 1 is 1.35 bits per heavy atom. The van der Waals surface area contributed by atoms with Crippen molar-refractivity contribution in [1.29, 1.82) is 0 Å². The normalized spacial score (nSPS) is 20.5. The van der Waals surface area contributed by atoms with Crippen LogP contribution in [0.2, 0.25) is 0 Å². The van der Waals surface area contributed by atoms with E-state index in [4.69, 9.17) is 4.74 Å². The first-order chi connectivity index (χ1) is 8.31. The lowest BCUT2D eigenvalue weighted by Gasteiger charge is -2.41. The second-order valence-corrected chi connectivity index (χ2v) is 5.19. The lowest BCUT2D eigenvalue weighted by atomic mass is 9.77. The molecule has 3 heteroatoms. The highest BCUT2D eigenvalue weighted by Crippen LogP contribution is 2.32. The number of ether oxygens (including phenoxy) is 1. The summed E-state index contributed by atoms with van der Waals surface area (Å²) in [6, 6.07) is 6.39. The summed E-state index contributed by atoms with van der Waals surface area (Å²) in [6.07, 6.45) is 4.44. The molecular formula is C14H19NO2. The van der Waals surface area contributed by atoms with Crippen molar-refractivity contribution in [1.82, 2.24) is 5.32 Å². The highest BCUT2D eigenvalue weighted by molar-refractivity contribution is 5.39. The second-order valence-electron chi connectivity index (χ2n) is 5.19. The fourth-order valence-corrected chi connectivity index (χ4v) is 2.63. The molecule has 3 nitrogen and oxygen atoms in total. The third-order valence-electron chi connectivity index (χ3n) is 4.03.